The number of benzene rings is 1. The third-order valence-corrected chi connectivity index (χ3v) is 3.38. The predicted molar refractivity (Wildman–Crippen MR) is 79.6 cm³/mol. The predicted octanol–water partition coefficient (Wildman–Crippen LogP) is 1.43. The molecular formula is C15H15N5O. The van der Waals surface area contributed by atoms with Crippen LogP contribution in [0.4, 0.5) is 11.8 Å². The normalized spacial score (nSPS) is 14.7. The highest BCUT2D eigenvalue weighted by atomic mass is 16.5. The highest BCUT2D eigenvalue weighted by Crippen LogP contribution is 2.29. The maximum absolute atomic E-state index is 9.55. The minimum absolute atomic E-state index is 0.175. The number of morpholine rings is 1. The molecule has 1 aliphatic rings. The first-order chi connectivity index (χ1) is 10.3. The van der Waals surface area contributed by atoms with Gasteiger partial charge in [-0.2, -0.15) is 10.2 Å². The molecule has 3 rings (SSSR count). The van der Waals surface area contributed by atoms with Crippen LogP contribution < -0.4 is 10.6 Å². The van der Waals surface area contributed by atoms with E-state index in [2.05, 4.69) is 16.0 Å². The Hall–Kier alpha value is -2.65. The summed E-state index contributed by atoms with van der Waals surface area (Å²) in [7, 11) is 0. The van der Waals surface area contributed by atoms with Crippen LogP contribution in [0.3, 0.4) is 0 Å². The molecule has 1 aromatic heterocycles. The van der Waals surface area contributed by atoms with Crippen molar-refractivity contribution in [1.29, 1.82) is 5.26 Å². The topological polar surface area (TPSA) is 88.1 Å². The van der Waals surface area contributed by atoms with Gasteiger partial charge in [0, 0.05) is 18.7 Å². The Morgan fingerprint density at radius 3 is 2.52 bits per heavy atom. The van der Waals surface area contributed by atoms with Crippen molar-refractivity contribution >= 4 is 11.8 Å². The zero-order chi connectivity index (χ0) is 14.7. The molecule has 21 heavy (non-hydrogen) atoms. The molecule has 6 nitrogen and oxygen atoms in total. The van der Waals surface area contributed by atoms with Crippen LogP contribution >= 0.6 is 0 Å². The molecule has 0 saturated carbocycles. The summed E-state index contributed by atoms with van der Waals surface area (Å²) in [6.45, 7) is 2.63. The SMILES string of the molecule is N#Cc1c(-c2ccccc2)nc(N)nc1N1CCOCC1. The molecule has 0 spiro atoms. The molecule has 2 heterocycles. The first kappa shape index (κ1) is 13.3. The Bertz CT molecular complexity index is 674. The van der Waals surface area contributed by atoms with Gasteiger partial charge in [-0.15, -0.1) is 0 Å². The summed E-state index contributed by atoms with van der Waals surface area (Å²) < 4.78 is 5.34. The second kappa shape index (κ2) is 5.77. The lowest BCUT2D eigenvalue weighted by Gasteiger charge is -2.28. The average Bonchev–Trinajstić information content (AvgIpc) is 2.55. The third kappa shape index (κ3) is 2.64. The van der Waals surface area contributed by atoms with E-state index in [1.165, 1.54) is 0 Å². The van der Waals surface area contributed by atoms with Gasteiger partial charge in [-0.25, -0.2) is 4.98 Å². The van der Waals surface area contributed by atoms with E-state index in [4.69, 9.17) is 10.5 Å². The number of nitrogen functional groups attached to an aromatic ring is 1. The van der Waals surface area contributed by atoms with E-state index < -0.39 is 0 Å². The van der Waals surface area contributed by atoms with Gasteiger partial charge in [-0.1, -0.05) is 30.3 Å². The van der Waals surface area contributed by atoms with Crippen LogP contribution in [0, 0.1) is 11.3 Å². The Kier molecular flexibility index (Phi) is 3.67. The molecule has 1 aromatic carbocycles. The molecule has 2 aromatic rings. The molecule has 0 amide bonds. The second-order valence-electron chi connectivity index (χ2n) is 4.71. The van der Waals surface area contributed by atoms with Crippen molar-refractivity contribution in [2.24, 2.45) is 0 Å². The van der Waals surface area contributed by atoms with Crippen LogP contribution in [0.15, 0.2) is 30.3 Å². The first-order valence-corrected chi connectivity index (χ1v) is 6.75. The van der Waals surface area contributed by atoms with E-state index in [1.54, 1.807) is 0 Å². The average molecular weight is 281 g/mol. The van der Waals surface area contributed by atoms with Gasteiger partial charge >= 0.3 is 0 Å². The van der Waals surface area contributed by atoms with Crippen molar-refractivity contribution in [3.8, 4) is 17.3 Å². The van der Waals surface area contributed by atoms with Crippen molar-refractivity contribution < 1.29 is 4.74 Å². The van der Waals surface area contributed by atoms with Crippen LogP contribution in [0.2, 0.25) is 0 Å². The van der Waals surface area contributed by atoms with E-state index in [1.807, 2.05) is 35.2 Å². The lowest BCUT2D eigenvalue weighted by molar-refractivity contribution is 0.122. The lowest BCUT2D eigenvalue weighted by atomic mass is 10.1. The molecular weight excluding hydrogens is 266 g/mol. The highest BCUT2D eigenvalue weighted by molar-refractivity contribution is 5.74. The smallest absolute Gasteiger partial charge is 0.222 e. The summed E-state index contributed by atoms with van der Waals surface area (Å²) in [6, 6.07) is 11.8. The molecule has 0 unspecified atom stereocenters. The van der Waals surface area contributed by atoms with Gasteiger partial charge in [0.05, 0.1) is 18.9 Å². The fourth-order valence-corrected chi connectivity index (χ4v) is 2.38. The Balaban J connectivity index is 2.13. The summed E-state index contributed by atoms with van der Waals surface area (Å²) >= 11 is 0. The minimum atomic E-state index is 0.175. The fourth-order valence-electron chi connectivity index (χ4n) is 2.38. The van der Waals surface area contributed by atoms with Crippen LogP contribution in [0.25, 0.3) is 11.3 Å². The number of nitrogens with zero attached hydrogens (tertiary/aromatic N) is 4. The van der Waals surface area contributed by atoms with Gasteiger partial charge < -0.3 is 15.4 Å². The fraction of sp³-hybridized carbons (Fsp3) is 0.267. The molecule has 0 aliphatic carbocycles. The number of rotatable bonds is 2. The van der Waals surface area contributed by atoms with E-state index in [9.17, 15) is 5.26 Å². The van der Waals surface area contributed by atoms with Gasteiger partial charge in [0.2, 0.25) is 5.95 Å². The molecule has 6 heteroatoms. The van der Waals surface area contributed by atoms with Crippen molar-refractivity contribution in [3.05, 3.63) is 35.9 Å². The van der Waals surface area contributed by atoms with Crippen molar-refractivity contribution in [2.75, 3.05) is 36.9 Å². The van der Waals surface area contributed by atoms with Crippen molar-refractivity contribution in [1.82, 2.24) is 9.97 Å². The minimum Gasteiger partial charge on any atom is -0.378 e. The zero-order valence-electron chi connectivity index (χ0n) is 11.5. The highest BCUT2D eigenvalue weighted by Gasteiger charge is 2.21. The maximum Gasteiger partial charge on any atom is 0.222 e. The standard InChI is InChI=1S/C15H15N5O/c16-10-12-13(11-4-2-1-3-5-11)18-15(17)19-14(12)20-6-8-21-9-7-20/h1-5H,6-9H2,(H2,17,18,19). The molecule has 0 bridgehead atoms. The van der Waals surface area contributed by atoms with Crippen molar-refractivity contribution in [3.63, 3.8) is 0 Å². The number of aromatic nitrogens is 2. The van der Waals surface area contributed by atoms with Gasteiger partial charge in [-0.3, -0.25) is 0 Å². The number of hydrogen-bond donors (Lipinski definition) is 1. The second-order valence-corrected chi connectivity index (χ2v) is 4.71. The summed E-state index contributed by atoms with van der Waals surface area (Å²) in [4.78, 5) is 10.5. The number of anilines is 2. The quantitative estimate of drug-likeness (QED) is 0.896. The summed E-state index contributed by atoms with van der Waals surface area (Å²) in [5, 5.41) is 9.55. The van der Waals surface area contributed by atoms with Gasteiger partial charge in [0.25, 0.3) is 0 Å². The Labute approximate surface area is 122 Å². The first-order valence-electron chi connectivity index (χ1n) is 6.75. The van der Waals surface area contributed by atoms with Gasteiger partial charge in [0.15, 0.2) is 5.82 Å². The van der Waals surface area contributed by atoms with Crippen LogP contribution in [-0.4, -0.2) is 36.3 Å². The molecule has 0 radical (unpaired) electrons. The Morgan fingerprint density at radius 1 is 1.14 bits per heavy atom. The van der Waals surface area contributed by atoms with Crippen LogP contribution in [0.1, 0.15) is 5.56 Å². The molecule has 106 valence electrons. The molecule has 1 fully saturated rings. The monoisotopic (exact) mass is 281 g/mol. The zero-order valence-corrected chi connectivity index (χ0v) is 11.5. The van der Waals surface area contributed by atoms with Crippen molar-refractivity contribution in [2.45, 2.75) is 0 Å². The van der Waals surface area contributed by atoms with Gasteiger partial charge in [-0.05, 0) is 0 Å². The van der Waals surface area contributed by atoms with Gasteiger partial charge in [0.1, 0.15) is 11.6 Å². The van der Waals surface area contributed by atoms with E-state index in [-0.39, 0.29) is 5.95 Å². The van der Waals surface area contributed by atoms with Crippen LogP contribution in [0.5, 0.6) is 0 Å². The summed E-state index contributed by atoms with van der Waals surface area (Å²) in [5.41, 5.74) is 7.73. The number of nitrogens with two attached hydrogens (primary N) is 1. The molecule has 0 atom stereocenters. The number of ether oxygens (including phenoxy) is 1. The maximum atomic E-state index is 9.55. The number of nitriles is 1. The summed E-state index contributed by atoms with van der Waals surface area (Å²) in [6.07, 6.45) is 0. The van der Waals surface area contributed by atoms with E-state index >= 15 is 0 Å². The molecule has 1 saturated heterocycles. The largest absolute Gasteiger partial charge is 0.378 e. The van der Waals surface area contributed by atoms with E-state index in [0.717, 1.165) is 5.56 Å². The van der Waals surface area contributed by atoms with E-state index in [0.29, 0.717) is 43.4 Å². The third-order valence-electron chi connectivity index (χ3n) is 3.38. The number of hydrogen-bond acceptors (Lipinski definition) is 6. The molecule has 2 N–H and O–H groups in total. The molecule has 1 aliphatic heterocycles. The lowest BCUT2D eigenvalue weighted by Crippen LogP contribution is -2.37. The Morgan fingerprint density at radius 2 is 1.86 bits per heavy atom. The van der Waals surface area contributed by atoms with Crippen LogP contribution in [-0.2, 0) is 4.74 Å². The summed E-state index contributed by atoms with van der Waals surface area (Å²) in [5.74, 6) is 0.765.